The molecule has 0 radical (unpaired) electrons. The molecule has 7 nitrogen and oxygen atoms in total. The molecule has 124 valence electrons. The number of nitrogens with zero attached hydrogens (tertiary/aromatic N) is 6. The van der Waals surface area contributed by atoms with Gasteiger partial charge in [-0.3, -0.25) is 9.48 Å². The van der Waals surface area contributed by atoms with Crippen molar-refractivity contribution in [3.05, 3.63) is 42.2 Å². The Morgan fingerprint density at radius 2 is 2.21 bits per heavy atom. The summed E-state index contributed by atoms with van der Waals surface area (Å²) < 4.78 is 3.61. The van der Waals surface area contributed by atoms with Crippen LogP contribution in [0.15, 0.2) is 36.7 Å². The molecule has 0 N–H and O–H groups in total. The number of aromatic nitrogens is 5. The van der Waals surface area contributed by atoms with Gasteiger partial charge in [0.25, 0.3) is 0 Å². The van der Waals surface area contributed by atoms with Crippen LogP contribution in [0.3, 0.4) is 0 Å². The number of carbonyl (C=O) groups excluding carboxylic acids is 1. The summed E-state index contributed by atoms with van der Waals surface area (Å²) in [4.78, 5) is 14.7. The van der Waals surface area contributed by atoms with Gasteiger partial charge in [-0.25, -0.2) is 4.68 Å². The highest BCUT2D eigenvalue weighted by atomic mass is 16.2. The second-order valence-electron chi connectivity index (χ2n) is 6.36. The first-order valence-electron chi connectivity index (χ1n) is 8.27. The quantitative estimate of drug-likeness (QED) is 0.731. The number of hydrogen-bond donors (Lipinski definition) is 0. The normalized spacial score (nSPS) is 17.7. The SMILES string of the molecule is Cc1cnn(C[C@H]2CCCN2C(=O)Cn2nnc3ccccc32)c1. The summed E-state index contributed by atoms with van der Waals surface area (Å²) in [5.74, 6) is 0.0945. The van der Waals surface area contributed by atoms with Gasteiger partial charge in [0.1, 0.15) is 12.1 Å². The molecule has 1 amide bonds. The summed E-state index contributed by atoms with van der Waals surface area (Å²) in [7, 11) is 0. The van der Waals surface area contributed by atoms with Crippen LogP contribution in [0.25, 0.3) is 11.0 Å². The Balaban J connectivity index is 1.48. The van der Waals surface area contributed by atoms with Gasteiger partial charge in [0.2, 0.25) is 5.91 Å². The zero-order chi connectivity index (χ0) is 16.5. The summed E-state index contributed by atoms with van der Waals surface area (Å²) in [5, 5.41) is 12.6. The van der Waals surface area contributed by atoms with E-state index in [4.69, 9.17) is 0 Å². The number of hydrogen-bond acceptors (Lipinski definition) is 4. The first-order valence-corrected chi connectivity index (χ1v) is 8.27. The van der Waals surface area contributed by atoms with Crippen LogP contribution in [0.2, 0.25) is 0 Å². The molecule has 1 aliphatic heterocycles. The Labute approximate surface area is 139 Å². The summed E-state index contributed by atoms with van der Waals surface area (Å²) in [5.41, 5.74) is 2.85. The van der Waals surface area contributed by atoms with Gasteiger partial charge in [0.05, 0.1) is 24.3 Å². The minimum atomic E-state index is 0.0945. The van der Waals surface area contributed by atoms with E-state index in [1.54, 1.807) is 4.68 Å². The third-order valence-electron chi connectivity index (χ3n) is 4.56. The molecule has 7 heteroatoms. The summed E-state index contributed by atoms with van der Waals surface area (Å²) in [6.07, 6.45) is 5.92. The van der Waals surface area contributed by atoms with E-state index >= 15 is 0 Å². The molecule has 1 fully saturated rings. The number of aryl methyl sites for hydroxylation is 1. The summed E-state index contributed by atoms with van der Waals surface area (Å²) in [6.45, 7) is 3.81. The first-order chi connectivity index (χ1) is 11.7. The molecule has 1 aromatic carbocycles. The molecule has 24 heavy (non-hydrogen) atoms. The lowest BCUT2D eigenvalue weighted by molar-refractivity contribution is -0.133. The van der Waals surface area contributed by atoms with Crippen LogP contribution < -0.4 is 0 Å². The van der Waals surface area contributed by atoms with Gasteiger partial charge in [0.15, 0.2) is 0 Å². The van der Waals surface area contributed by atoms with Crippen LogP contribution in [0.4, 0.5) is 0 Å². The molecule has 1 saturated heterocycles. The number of amides is 1. The third kappa shape index (κ3) is 2.77. The van der Waals surface area contributed by atoms with Crippen LogP contribution in [-0.2, 0) is 17.9 Å². The fourth-order valence-corrected chi connectivity index (χ4v) is 3.39. The van der Waals surface area contributed by atoms with Crippen LogP contribution in [0.1, 0.15) is 18.4 Å². The molecule has 4 rings (SSSR count). The van der Waals surface area contributed by atoms with Crippen molar-refractivity contribution in [2.24, 2.45) is 0 Å². The molecule has 1 atom stereocenters. The highest BCUT2D eigenvalue weighted by Crippen LogP contribution is 2.20. The fraction of sp³-hybridized carbons (Fsp3) is 0.412. The van der Waals surface area contributed by atoms with Gasteiger partial charge < -0.3 is 4.90 Å². The van der Waals surface area contributed by atoms with Crippen molar-refractivity contribution in [1.29, 1.82) is 0 Å². The van der Waals surface area contributed by atoms with E-state index in [0.29, 0.717) is 0 Å². The van der Waals surface area contributed by atoms with Crippen LogP contribution >= 0.6 is 0 Å². The number of carbonyl (C=O) groups is 1. The molecule has 1 aliphatic rings. The Kier molecular flexibility index (Phi) is 3.76. The van der Waals surface area contributed by atoms with E-state index in [1.165, 1.54) is 0 Å². The van der Waals surface area contributed by atoms with E-state index in [0.717, 1.165) is 42.5 Å². The summed E-state index contributed by atoms with van der Waals surface area (Å²) in [6, 6.07) is 7.90. The van der Waals surface area contributed by atoms with E-state index in [2.05, 4.69) is 15.4 Å². The second-order valence-corrected chi connectivity index (χ2v) is 6.36. The number of likely N-dealkylation sites (tertiary alicyclic amines) is 1. The first kappa shape index (κ1) is 14.9. The van der Waals surface area contributed by atoms with Crippen molar-refractivity contribution in [3.63, 3.8) is 0 Å². The molecule has 0 unspecified atom stereocenters. The van der Waals surface area contributed by atoms with E-state index in [9.17, 15) is 4.79 Å². The number of para-hydroxylation sites is 1. The Morgan fingerprint density at radius 3 is 3.04 bits per heavy atom. The third-order valence-corrected chi connectivity index (χ3v) is 4.56. The van der Waals surface area contributed by atoms with Gasteiger partial charge in [-0.1, -0.05) is 17.3 Å². The molecule has 0 spiro atoms. The fourth-order valence-electron chi connectivity index (χ4n) is 3.39. The maximum atomic E-state index is 12.8. The molecule has 3 aromatic rings. The van der Waals surface area contributed by atoms with Crippen LogP contribution in [-0.4, -0.2) is 48.2 Å². The van der Waals surface area contributed by atoms with Crippen molar-refractivity contribution in [2.75, 3.05) is 6.54 Å². The molecule has 0 saturated carbocycles. The molecule has 0 aliphatic carbocycles. The second kappa shape index (κ2) is 6.07. The minimum absolute atomic E-state index is 0.0945. The molecule has 2 aromatic heterocycles. The van der Waals surface area contributed by atoms with Crippen LogP contribution in [0, 0.1) is 6.92 Å². The largest absolute Gasteiger partial charge is 0.336 e. The Morgan fingerprint density at radius 1 is 1.33 bits per heavy atom. The monoisotopic (exact) mass is 324 g/mol. The number of fused-ring (bicyclic) bond motifs is 1. The molecular weight excluding hydrogens is 304 g/mol. The van der Waals surface area contributed by atoms with E-state index in [1.807, 2.05) is 53.2 Å². The maximum Gasteiger partial charge on any atom is 0.244 e. The zero-order valence-electron chi connectivity index (χ0n) is 13.7. The average molecular weight is 324 g/mol. The van der Waals surface area contributed by atoms with Crippen molar-refractivity contribution in [2.45, 2.75) is 38.9 Å². The Bertz CT molecular complexity index is 867. The molecule has 0 bridgehead atoms. The number of rotatable bonds is 4. The van der Waals surface area contributed by atoms with Crippen LogP contribution in [0.5, 0.6) is 0 Å². The minimum Gasteiger partial charge on any atom is -0.336 e. The zero-order valence-corrected chi connectivity index (χ0v) is 13.7. The topological polar surface area (TPSA) is 68.8 Å². The van der Waals surface area contributed by atoms with E-state index in [-0.39, 0.29) is 18.5 Å². The standard InChI is InChI=1S/C17H20N6O/c1-13-9-18-21(10-13)11-14-5-4-8-22(14)17(24)12-23-16-7-3-2-6-15(16)19-20-23/h2-3,6-7,9-10,14H,4-5,8,11-12H2,1H3/t14-/m1/s1. The summed E-state index contributed by atoms with van der Waals surface area (Å²) >= 11 is 0. The van der Waals surface area contributed by atoms with E-state index < -0.39 is 0 Å². The predicted molar refractivity (Wildman–Crippen MR) is 89.2 cm³/mol. The van der Waals surface area contributed by atoms with Gasteiger partial charge in [-0.2, -0.15) is 5.10 Å². The Hall–Kier alpha value is -2.70. The van der Waals surface area contributed by atoms with Gasteiger partial charge in [-0.05, 0) is 37.5 Å². The van der Waals surface area contributed by atoms with Gasteiger partial charge in [-0.15, -0.1) is 5.10 Å². The molecular formula is C17H20N6O. The van der Waals surface area contributed by atoms with Crippen molar-refractivity contribution in [1.82, 2.24) is 29.7 Å². The lowest BCUT2D eigenvalue weighted by Crippen LogP contribution is -2.40. The lowest BCUT2D eigenvalue weighted by atomic mass is 10.2. The van der Waals surface area contributed by atoms with Crippen molar-refractivity contribution in [3.8, 4) is 0 Å². The van der Waals surface area contributed by atoms with Gasteiger partial charge in [0, 0.05) is 12.7 Å². The average Bonchev–Trinajstić information content (AvgIpc) is 3.29. The smallest absolute Gasteiger partial charge is 0.244 e. The maximum absolute atomic E-state index is 12.8. The number of benzene rings is 1. The predicted octanol–water partition coefficient (Wildman–Crippen LogP) is 1.63. The lowest BCUT2D eigenvalue weighted by Gasteiger charge is -2.24. The highest BCUT2D eigenvalue weighted by Gasteiger charge is 2.29. The molecule has 3 heterocycles. The highest BCUT2D eigenvalue weighted by molar-refractivity contribution is 5.80. The van der Waals surface area contributed by atoms with Crippen molar-refractivity contribution >= 4 is 16.9 Å². The van der Waals surface area contributed by atoms with Crippen molar-refractivity contribution < 1.29 is 4.79 Å². The van der Waals surface area contributed by atoms with Gasteiger partial charge >= 0.3 is 0 Å².